The number of nitro benzene ring substituents is 1. The van der Waals surface area contributed by atoms with E-state index in [-0.39, 0.29) is 5.69 Å². The SMILES string of the molecule is Cc1cc([N+](=O)[O-])ccc1Sc1ncn[nH]1. The van der Waals surface area contributed by atoms with Gasteiger partial charge in [0.15, 0.2) is 5.16 Å². The van der Waals surface area contributed by atoms with Crippen LogP contribution in [-0.2, 0) is 0 Å². The summed E-state index contributed by atoms with van der Waals surface area (Å²) in [5, 5.41) is 17.7. The average molecular weight is 236 g/mol. The van der Waals surface area contributed by atoms with Crippen LogP contribution in [0.15, 0.2) is 34.6 Å². The van der Waals surface area contributed by atoms with Crippen LogP contribution in [0.4, 0.5) is 5.69 Å². The standard InChI is InChI=1S/C9H8N4O2S/c1-6-4-7(13(14)15)2-3-8(6)16-9-10-5-11-12-9/h2-5H,1H3,(H,10,11,12). The van der Waals surface area contributed by atoms with Crippen LogP contribution in [0.2, 0.25) is 0 Å². The van der Waals surface area contributed by atoms with Gasteiger partial charge < -0.3 is 0 Å². The van der Waals surface area contributed by atoms with Gasteiger partial charge in [-0.3, -0.25) is 15.2 Å². The molecule has 0 radical (unpaired) electrons. The second kappa shape index (κ2) is 4.31. The molecule has 1 aromatic carbocycles. The molecule has 2 rings (SSSR count). The number of hydrogen-bond donors (Lipinski definition) is 1. The number of aromatic amines is 1. The molecule has 7 heteroatoms. The topological polar surface area (TPSA) is 84.7 Å². The fraction of sp³-hybridized carbons (Fsp3) is 0.111. The molecule has 0 saturated heterocycles. The first kappa shape index (κ1) is 10.6. The third-order valence-electron chi connectivity index (χ3n) is 1.97. The van der Waals surface area contributed by atoms with Crippen LogP contribution in [0.3, 0.4) is 0 Å². The second-order valence-corrected chi connectivity index (χ2v) is 4.13. The van der Waals surface area contributed by atoms with Gasteiger partial charge >= 0.3 is 0 Å². The number of aromatic nitrogens is 3. The molecule has 1 aromatic heterocycles. The van der Waals surface area contributed by atoms with E-state index in [1.165, 1.54) is 24.2 Å². The zero-order valence-electron chi connectivity index (χ0n) is 8.38. The van der Waals surface area contributed by atoms with Crippen molar-refractivity contribution < 1.29 is 4.92 Å². The highest BCUT2D eigenvalue weighted by Gasteiger charge is 2.09. The Morgan fingerprint density at radius 1 is 1.50 bits per heavy atom. The predicted molar refractivity (Wildman–Crippen MR) is 58.3 cm³/mol. The molecule has 0 saturated carbocycles. The molecule has 0 unspecified atom stereocenters. The quantitative estimate of drug-likeness (QED) is 0.652. The normalized spacial score (nSPS) is 10.3. The van der Waals surface area contributed by atoms with Crippen molar-refractivity contribution in [2.45, 2.75) is 17.0 Å². The molecular weight excluding hydrogens is 228 g/mol. The second-order valence-electron chi connectivity index (χ2n) is 3.10. The van der Waals surface area contributed by atoms with Crippen molar-refractivity contribution in [3.63, 3.8) is 0 Å². The van der Waals surface area contributed by atoms with Crippen LogP contribution < -0.4 is 0 Å². The lowest BCUT2D eigenvalue weighted by molar-refractivity contribution is -0.385. The molecule has 0 amide bonds. The predicted octanol–water partition coefficient (Wildman–Crippen LogP) is 2.17. The van der Waals surface area contributed by atoms with Gasteiger partial charge in [0.05, 0.1) is 4.92 Å². The minimum Gasteiger partial charge on any atom is -0.258 e. The summed E-state index contributed by atoms with van der Waals surface area (Å²) in [5.41, 5.74) is 0.940. The summed E-state index contributed by atoms with van der Waals surface area (Å²) >= 11 is 1.39. The molecule has 0 atom stereocenters. The van der Waals surface area contributed by atoms with E-state index in [1.54, 1.807) is 12.1 Å². The molecule has 0 bridgehead atoms. The number of rotatable bonds is 3. The number of benzene rings is 1. The van der Waals surface area contributed by atoms with E-state index in [4.69, 9.17) is 0 Å². The molecule has 0 aliphatic rings. The van der Waals surface area contributed by atoms with E-state index >= 15 is 0 Å². The fourth-order valence-corrected chi connectivity index (χ4v) is 1.97. The average Bonchev–Trinajstić information content (AvgIpc) is 2.73. The van der Waals surface area contributed by atoms with Gasteiger partial charge in [-0.25, -0.2) is 4.98 Å². The Morgan fingerprint density at radius 3 is 2.88 bits per heavy atom. The lowest BCUT2D eigenvalue weighted by Crippen LogP contribution is -1.89. The minimum atomic E-state index is -0.407. The van der Waals surface area contributed by atoms with Gasteiger partial charge in [-0.05, 0) is 18.6 Å². The molecule has 1 heterocycles. The zero-order chi connectivity index (χ0) is 11.5. The number of H-pyrrole nitrogens is 1. The molecule has 82 valence electrons. The first-order chi connectivity index (χ1) is 7.66. The lowest BCUT2D eigenvalue weighted by atomic mass is 10.2. The van der Waals surface area contributed by atoms with E-state index < -0.39 is 4.92 Å². The van der Waals surface area contributed by atoms with Gasteiger partial charge in [0.1, 0.15) is 6.33 Å². The smallest absolute Gasteiger partial charge is 0.258 e. The summed E-state index contributed by atoms with van der Waals surface area (Å²) in [7, 11) is 0. The van der Waals surface area contributed by atoms with Crippen molar-refractivity contribution in [3.8, 4) is 0 Å². The summed E-state index contributed by atoms with van der Waals surface area (Å²) in [6, 6.07) is 4.73. The Kier molecular flexibility index (Phi) is 2.86. The molecular formula is C9H8N4O2S. The molecule has 0 spiro atoms. The van der Waals surface area contributed by atoms with Crippen LogP contribution >= 0.6 is 11.8 Å². The highest BCUT2D eigenvalue weighted by molar-refractivity contribution is 7.99. The number of hydrogen-bond acceptors (Lipinski definition) is 5. The summed E-state index contributed by atoms with van der Waals surface area (Å²) in [6.45, 7) is 1.83. The Labute approximate surface area is 95.2 Å². The van der Waals surface area contributed by atoms with Crippen molar-refractivity contribution in [1.29, 1.82) is 0 Å². The first-order valence-electron chi connectivity index (χ1n) is 4.45. The van der Waals surface area contributed by atoms with E-state index in [1.807, 2.05) is 6.92 Å². The number of non-ortho nitro benzene ring substituents is 1. The highest BCUT2D eigenvalue weighted by atomic mass is 32.2. The van der Waals surface area contributed by atoms with E-state index in [9.17, 15) is 10.1 Å². The van der Waals surface area contributed by atoms with Gasteiger partial charge in [0, 0.05) is 17.0 Å². The Morgan fingerprint density at radius 2 is 2.31 bits per heavy atom. The van der Waals surface area contributed by atoms with Gasteiger partial charge in [0.2, 0.25) is 0 Å². The first-order valence-corrected chi connectivity index (χ1v) is 5.27. The Balaban J connectivity index is 2.26. The molecule has 16 heavy (non-hydrogen) atoms. The van der Waals surface area contributed by atoms with Gasteiger partial charge in [-0.2, -0.15) is 5.10 Å². The summed E-state index contributed by atoms with van der Waals surface area (Å²) in [5.74, 6) is 0. The number of nitrogens with zero attached hydrogens (tertiary/aromatic N) is 3. The summed E-state index contributed by atoms with van der Waals surface area (Å²) < 4.78 is 0. The Hall–Kier alpha value is -1.89. The van der Waals surface area contributed by atoms with Gasteiger partial charge in [-0.1, -0.05) is 11.8 Å². The van der Waals surface area contributed by atoms with Gasteiger partial charge in [-0.15, -0.1) is 0 Å². The van der Waals surface area contributed by atoms with Crippen molar-refractivity contribution in [2.75, 3.05) is 0 Å². The Bertz CT molecular complexity index is 512. The zero-order valence-corrected chi connectivity index (χ0v) is 9.19. The maximum Gasteiger partial charge on any atom is 0.269 e. The van der Waals surface area contributed by atoms with E-state index in [0.29, 0.717) is 5.16 Å². The van der Waals surface area contributed by atoms with Crippen LogP contribution in [0.5, 0.6) is 0 Å². The van der Waals surface area contributed by atoms with Gasteiger partial charge in [0.25, 0.3) is 5.69 Å². The van der Waals surface area contributed by atoms with Crippen LogP contribution in [0.25, 0.3) is 0 Å². The highest BCUT2D eigenvalue weighted by Crippen LogP contribution is 2.29. The maximum absolute atomic E-state index is 10.6. The van der Waals surface area contributed by atoms with Crippen LogP contribution in [0.1, 0.15) is 5.56 Å². The fourth-order valence-electron chi connectivity index (χ4n) is 1.21. The van der Waals surface area contributed by atoms with Crippen LogP contribution in [-0.4, -0.2) is 20.1 Å². The van der Waals surface area contributed by atoms with E-state index in [2.05, 4.69) is 15.2 Å². The van der Waals surface area contributed by atoms with E-state index in [0.717, 1.165) is 10.5 Å². The lowest BCUT2D eigenvalue weighted by Gasteiger charge is -2.02. The largest absolute Gasteiger partial charge is 0.269 e. The van der Waals surface area contributed by atoms with Crippen molar-refractivity contribution >= 4 is 17.4 Å². The van der Waals surface area contributed by atoms with Crippen molar-refractivity contribution in [2.24, 2.45) is 0 Å². The maximum atomic E-state index is 10.6. The number of nitrogens with one attached hydrogen (secondary N) is 1. The van der Waals surface area contributed by atoms with Crippen LogP contribution in [0, 0.1) is 17.0 Å². The van der Waals surface area contributed by atoms with Crippen molar-refractivity contribution in [1.82, 2.24) is 15.2 Å². The summed E-state index contributed by atoms with van der Waals surface area (Å²) in [4.78, 5) is 15.0. The third kappa shape index (κ3) is 2.19. The number of nitro groups is 1. The summed E-state index contributed by atoms with van der Waals surface area (Å²) in [6.07, 6.45) is 1.42. The molecule has 6 nitrogen and oxygen atoms in total. The molecule has 0 aliphatic heterocycles. The third-order valence-corrected chi connectivity index (χ3v) is 3.04. The molecule has 1 N–H and O–H groups in total. The molecule has 0 fully saturated rings. The number of aryl methyl sites for hydroxylation is 1. The molecule has 2 aromatic rings. The monoisotopic (exact) mass is 236 g/mol. The van der Waals surface area contributed by atoms with Crippen molar-refractivity contribution in [3.05, 3.63) is 40.2 Å². The molecule has 0 aliphatic carbocycles. The minimum absolute atomic E-state index is 0.0967.